The largest absolute Gasteiger partial charge is 0.328 e. The van der Waals surface area contributed by atoms with Crippen LogP contribution in [0.5, 0.6) is 0 Å². The maximum absolute atomic E-state index is 12.5. The van der Waals surface area contributed by atoms with Crippen molar-refractivity contribution in [3.8, 4) is 0 Å². The van der Waals surface area contributed by atoms with E-state index in [0.717, 1.165) is 31.4 Å². The fourth-order valence-corrected chi connectivity index (χ4v) is 3.23. The molecule has 1 aliphatic rings. The van der Waals surface area contributed by atoms with Crippen LogP contribution < -0.4 is 11.1 Å². The Kier molecular flexibility index (Phi) is 5.63. The lowest BCUT2D eigenvalue weighted by atomic mass is 9.85. The van der Waals surface area contributed by atoms with Crippen molar-refractivity contribution < 1.29 is 4.79 Å². The maximum atomic E-state index is 12.5. The van der Waals surface area contributed by atoms with Crippen LogP contribution in [0.3, 0.4) is 0 Å². The molecule has 22 heavy (non-hydrogen) atoms. The Morgan fingerprint density at radius 2 is 1.91 bits per heavy atom. The maximum Gasteiger partial charge on any atom is 0.227 e. The first-order valence-corrected chi connectivity index (χ1v) is 8.58. The molecule has 1 aliphatic carbocycles. The molecular weight excluding hydrogens is 272 g/mol. The van der Waals surface area contributed by atoms with E-state index >= 15 is 0 Å². The van der Waals surface area contributed by atoms with Gasteiger partial charge in [-0.2, -0.15) is 0 Å². The highest BCUT2D eigenvalue weighted by Crippen LogP contribution is 2.30. The van der Waals surface area contributed by atoms with E-state index < -0.39 is 0 Å². The molecule has 1 amide bonds. The zero-order valence-corrected chi connectivity index (χ0v) is 14.4. The predicted octanol–water partition coefficient (Wildman–Crippen LogP) is 4.39. The van der Waals surface area contributed by atoms with E-state index in [0.29, 0.717) is 11.8 Å². The van der Waals surface area contributed by atoms with Crippen molar-refractivity contribution in [2.75, 3.05) is 5.32 Å². The van der Waals surface area contributed by atoms with Gasteiger partial charge in [0, 0.05) is 17.6 Å². The number of carbonyl (C=O) groups excluding carboxylic acids is 1. The number of nitrogens with one attached hydrogen (secondary N) is 1. The van der Waals surface area contributed by atoms with Gasteiger partial charge in [-0.25, -0.2) is 0 Å². The topological polar surface area (TPSA) is 55.1 Å². The molecule has 3 N–H and O–H groups in total. The number of hydrogen-bond acceptors (Lipinski definition) is 2. The number of nitrogens with two attached hydrogens (primary N) is 1. The summed E-state index contributed by atoms with van der Waals surface area (Å²) in [5, 5.41) is 3.15. The Balaban J connectivity index is 2.16. The van der Waals surface area contributed by atoms with Crippen LogP contribution in [-0.2, 0) is 4.79 Å². The summed E-state index contributed by atoms with van der Waals surface area (Å²) in [6.45, 7) is 8.74. The minimum absolute atomic E-state index is 0.0635. The highest BCUT2D eigenvalue weighted by Gasteiger charge is 2.26. The summed E-state index contributed by atoms with van der Waals surface area (Å²) in [5.74, 6) is 1.09. The Morgan fingerprint density at radius 3 is 2.50 bits per heavy atom. The molecule has 2 unspecified atom stereocenters. The first-order chi connectivity index (χ1) is 10.4. The summed E-state index contributed by atoms with van der Waals surface area (Å²) >= 11 is 0. The summed E-state index contributed by atoms with van der Waals surface area (Å²) in [4.78, 5) is 12.5. The van der Waals surface area contributed by atoms with Gasteiger partial charge in [-0.05, 0) is 48.3 Å². The van der Waals surface area contributed by atoms with Crippen molar-refractivity contribution >= 4 is 11.6 Å². The van der Waals surface area contributed by atoms with E-state index in [1.807, 2.05) is 0 Å². The standard InChI is InChI=1S/C19H30N2O/c1-12(2)14-8-9-18(17(11-14)13(3)4)21-19(22)15-6-5-7-16(20)10-15/h8-9,11-13,15-16H,5-7,10,20H2,1-4H3,(H,21,22). The third-order valence-corrected chi connectivity index (χ3v) is 4.71. The molecule has 0 spiro atoms. The summed E-state index contributed by atoms with van der Waals surface area (Å²) in [6, 6.07) is 6.60. The second-order valence-corrected chi connectivity index (χ2v) is 7.27. The molecule has 1 fully saturated rings. The van der Waals surface area contributed by atoms with Gasteiger partial charge in [0.2, 0.25) is 5.91 Å². The summed E-state index contributed by atoms with van der Waals surface area (Å²) in [7, 11) is 0. The van der Waals surface area contributed by atoms with E-state index in [9.17, 15) is 4.79 Å². The average molecular weight is 302 g/mol. The van der Waals surface area contributed by atoms with Gasteiger partial charge >= 0.3 is 0 Å². The lowest BCUT2D eigenvalue weighted by Gasteiger charge is -2.26. The third kappa shape index (κ3) is 4.10. The summed E-state index contributed by atoms with van der Waals surface area (Å²) in [5.41, 5.74) is 9.51. The van der Waals surface area contributed by atoms with E-state index in [1.165, 1.54) is 11.1 Å². The van der Waals surface area contributed by atoms with Gasteiger partial charge in [0.25, 0.3) is 0 Å². The molecule has 1 aromatic carbocycles. The highest BCUT2D eigenvalue weighted by molar-refractivity contribution is 5.93. The van der Waals surface area contributed by atoms with Crippen LogP contribution in [0, 0.1) is 5.92 Å². The van der Waals surface area contributed by atoms with Crippen LogP contribution in [0.2, 0.25) is 0 Å². The number of carbonyl (C=O) groups is 1. The zero-order valence-electron chi connectivity index (χ0n) is 14.4. The molecule has 2 atom stereocenters. The van der Waals surface area contributed by atoms with Crippen LogP contribution in [0.25, 0.3) is 0 Å². The number of hydrogen-bond donors (Lipinski definition) is 2. The Bertz CT molecular complexity index is 522. The van der Waals surface area contributed by atoms with Gasteiger partial charge in [-0.1, -0.05) is 46.2 Å². The van der Waals surface area contributed by atoms with Gasteiger partial charge in [0.15, 0.2) is 0 Å². The van der Waals surface area contributed by atoms with E-state index in [1.54, 1.807) is 0 Å². The third-order valence-electron chi connectivity index (χ3n) is 4.71. The number of rotatable bonds is 4. The molecule has 0 saturated heterocycles. The Morgan fingerprint density at radius 1 is 1.18 bits per heavy atom. The van der Waals surface area contributed by atoms with Crippen molar-refractivity contribution in [1.29, 1.82) is 0 Å². The van der Waals surface area contributed by atoms with Gasteiger partial charge in [0.05, 0.1) is 0 Å². The second kappa shape index (κ2) is 7.28. The van der Waals surface area contributed by atoms with Crippen molar-refractivity contribution in [3.05, 3.63) is 29.3 Å². The molecule has 3 heteroatoms. The second-order valence-electron chi connectivity index (χ2n) is 7.27. The fraction of sp³-hybridized carbons (Fsp3) is 0.632. The molecule has 0 heterocycles. The number of amides is 1. The minimum atomic E-state index is 0.0635. The Hall–Kier alpha value is -1.35. The normalized spacial score (nSPS) is 22.1. The van der Waals surface area contributed by atoms with E-state index in [-0.39, 0.29) is 17.9 Å². The van der Waals surface area contributed by atoms with Crippen molar-refractivity contribution in [2.24, 2.45) is 11.7 Å². The van der Waals surface area contributed by atoms with Crippen LogP contribution in [-0.4, -0.2) is 11.9 Å². The quantitative estimate of drug-likeness (QED) is 0.866. The summed E-state index contributed by atoms with van der Waals surface area (Å²) < 4.78 is 0. The molecule has 122 valence electrons. The SMILES string of the molecule is CC(C)c1ccc(NC(=O)C2CCCC(N)C2)c(C(C)C)c1. The smallest absolute Gasteiger partial charge is 0.227 e. The van der Waals surface area contributed by atoms with Gasteiger partial charge in [-0.3, -0.25) is 4.79 Å². The molecule has 0 aromatic heterocycles. The molecule has 1 aromatic rings. The molecular formula is C19H30N2O. The predicted molar refractivity (Wildman–Crippen MR) is 93.2 cm³/mol. The van der Waals surface area contributed by atoms with Gasteiger partial charge < -0.3 is 11.1 Å². The molecule has 1 saturated carbocycles. The molecule has 3 nitrogen and oxygen atoms in total. The summed E-state index contributed by atoms with van der Waals surface area (Å²) in [6.07, 6.45) is 3.88. The number of benzene rings is 1. The van der Waals surface area contributed by atoms with Crippen LogP contribution in [0.15, 0.2) is 18.2 Å². The lowest BCUT2D eigenvalue weighted by molar-refractivity contribution is -0.120. The lowest BCUT2D eigenvalue weighted by Crippen LogP contribution is -2.34. The van der Waals surface area contributed by atoms with Crippen LogP contribution in [0.1, 0.15) is 76.3 Å². The minimum Gasteiger partial charge on any atom is -0.328 e. The van der Waals surface area contributed by atoms with Gasteiger partial charge in [0.1, 0.15) is 0 Å². The number of anilines is 1. The molecule has 0 radical (unpaired) electrons. The van der Waals surface area contributed by atoms with E-state index in [2.05, 4.69) is 51.2 Å². The molecule has 2 rings (SSSR count). The fourth-order valence-electron chi connectivity index (χ4n) is 3.23. The van der Waals surface area contributed by atoms with Crippen molar-refractivity contribution in [2.45, 2.75) is 71.3 Å². The highest BCUT2D eigenvalue weighted by atomic mass is 16.1. The van der Waals surface area contributed by atoms with Crippen LogP contribution >= 0.6 is 0 Å². The first-order valence-electron chi connectivity index (χ1n) is 8.58. The molecule has 0 aliphatic heterocycles. The zero-order chi connectivity index (χ0) is 16.3. The van der Waals surface area contributed by atoms with Gasteiger partial charge in [-0.15, -0.1) is 0 Å². The first kappa shape index (κ1) is 17.0. The van der Waals surface area contributed by atoms with E-state index in [4.69, 9.17) is 5.73 Å². The van der Waals surface area contributed by atoms with Crippen LogP contribution in [0.4, 0.5) is 5.69 Å². The Labute approximate surface area is 134 Å². The van der Waals surface area contributed by atoms with Crippen molar-refractivity contribution in [3.63, 3.8) is 0 Å². The monoisotopic (exact) mass is 302 g/mol. The average Bonchev–Trinajstić information content (AvgIpc) is 2.47. The van der Waals surface area contributed by atoms with Crippen molar-refractivity contribution in [1.82, 2.24) is 0 Å². The molecule has 0 bridgehead atoms.